The van der Waals surface area contributed by atoms with Crippen LogP contribution < -0.4 is 0 Å². The molecule has 0 bridgehead atoms. The Morgan fingerprint density at radius 1 is 1.37 bits per heavy atom. The van der Waals surface area contributed by atoms with Gasteiger partial charge in [0, 0.05) is 11.1 Å². The van der Waals surface area contributed by atoms with Crippen LogP contribution in [0, 0.1) is 11.3 Å². The molecule has 4 nitrogen and oxygen atoms in total. The molecule has 1 aromatic carbocycles. The molecule has 0 unspecified atom stereocenters. The van der Waals surface area contributed by atoms with Crippen LogP contribution in [0.25, 0.3) is 0 Å². The Kier molecular flexibility index (Phi) is 4.05. The standard InChI is InChI=1S/C13H7ClN2O2S/c14-10-5-8(6-15)1-3-11(10)19-12-4-2-9(7-16-12)13(17)18/h1-5,7H,(H,17,18). The van der Waals surface area contributed by atoms with E-state index in [1.54, 1.807) is 24.3 Å². The second kappa shape index (κ2) is 5.74. The van der Waals surface area contributed by atoms with Crippen LogP contribution in [-0.4, -0.2) is 16.1 Å². The number of hydrogen-bond donors (Lipinski definition) is 1. The molecule has 0 radical (unpaired) electrons. The molecule has 0 aliphatic rings. The van der Waals surface area contributed by atoms with Crippen molar-refractivity contribution in [2.75, 3.05) is 0 Å². The van der Waals surface area contributed by atoms with Gasteiger partial charge in [0.2, 0.25) is 0 Å². The van der Waals surface area contributed by atoms with Gasteiger partial charge in [-0.05, 0) is 30.3 Å². The average molecular weight is 291 g/mol. The van der Waals surface area contributed by atoms with Gasteiger partial charge in [0.05, 0.1) is 22.2 Å². The third kappa shape index (κ3) is 3.25. The van der Waals surface area contributed by atoms with Crippen LogP contribution in [0.1, 0.15) is 15.9 Å². The van der Waals surface area contributed by atoms with Crippen LogP contribution in [0.3, 0.4) is 0 Å². The summed E-state index contributed by atoms with van der Waals surface area (Å²) in [6.45, 7) is 0. The van der Waals surface area contributed by atoms with E-state index < -0.39 is 5.97 Å². The molecule has 6 heteroatoms. The number of pyridine rings is 1. The Balaban J connectivity index is 2.22. The van der Waals surface area contributed by atoms with Gasteiger partial charge in [-0.25, -0.2) is 9.78 Å². The monoisotopic (exact) mass is 290 g/mol. The minimum Gasteiger partial charge on any atom is -0.478 e. The van der Waals surface area contributed by atoms with Gasteiger partial charge in [0.25, 0.3) is 0 Å². The van der Waals surface area contributed by atoms with E-state index >= 15 is 0 Å². The number of nitriles is 1. The fourth-order valence-corrected chi connectivity index (χ4v) is 2.39. The molecule has 0 saturated heterocycles. The van der Waals surface area contributed by atoms with E-state index in [0.717, 1.165) is 4.90 Å². The van der Waals surface area contributed by atoms with Gasteiger partial charge in [0.1, 0.15) is 5.03 Å². The summed E-state index contributed by atoms with van der Waals surface area (Å²) in [7, 11) is 0. The highest BCUT2D eigenvalue weighted by Crippen LogP contribution is 2.32. The fraction of sp³-hybridized carbons (Fsp3) is 0. The van der Waals surface area contributed by atoms with Gasteiger partial charge in [-0.3, -0.25) is 0 Å². The van der Waals surface area contributed by atoms with E-state index in [2.05, 4.69) is 4.98 Å². The second-order valence-electron chi connectivity index (χ2n) is 3.55. The SMILES string of the molecule is N#Cc1ccc(Sc2ccc(C(=O)O)cn2)c(Cl)c1. The predicted molar refractivity (Wildman–Crippen MR) is 71.5 cm³/mol. The summed E-state index contributed by atoms with van der Waals surface area (Å²) in [6, 6.07) is 10.1. The van der Waals surface area contributed by atoms with Crippen LogP contribution >= 0.6 is 23.4 Å². The highest BCUT2D eigenvalue weighted by Gasteiger charge is 2.07. The van der Waals surface area contributed by atoms with Crippen LogP contribution in [0.15, 0.2) is 46.5 Å². The molecule has 0 amide bonds. The van der Waals surface area contributed by atoms with Gasteiger partial charge in [0.15, 0.2) is 0 Å². The second-order valence-corrected chi connectivity index (χ2v) is 5.02. The molecule has 2 rings (SSSR count). The summed E-state index contributed by atoms with van der Waals surface area (Å²) in [5.41, 5.74) is 0.624. The number of rotatable bonds is 3. The lowest BCUT2D eigenvalue weighted by atomic mass is 10.2. The molecule has 0 spiro atoms. The number of aromatic carboxylic acids is 1. The first-order valence-corrected chi connectivity index (χ1v) is 6.36. The third-order valence-corrected chi connectivity index (χ3v) is 3.71. The number of aromatic nitrogens is 1. The molecule has 1 heterocycles. The minimum atomic E-state index is -1.01. The van der Waals surface area contributed by atoms with E-state index in [1.165, 1.54) is 24.0 Å². The van der Waals surface area contributed by atoms with Gasteiger partial charge >= 0.3 is 5.97 Å². The van der Waals surface area contributed by atoms with Gasteiger partial charge in [-0.15, -0.1) is 0 Å². The molecule has 1 aromatic heterocycles. The van der Waals surface area contributed by atoms with Crippen molar-refractivity contribution in [2.45, 2.75) is 9.92 Å². The van der Waals surface area contributed by atoms with Gasteiger partial charge < -0.3 is 5.11 Å². The topological polar surface area (TPSA) is 74.0 Å². The Hall–Kier alpha value is -2.03. The van der Waals surface area contributed by atoms with Crippen molar-refractivity contribution < 1.29 is 9.90 Å². The van der Waals surface area contributed by atoms with Gasteiger partial charge in [-0.2, -0.15) is 5.26 Å². The first-order chi connectivity index (χ1) is 9.10. The largest absolute Gasteiger partial charge is 0.478 e. The molecule has 1 N–H and O–H groups in total. The zero-order chi connectivity index (χ0) is 13.8. The van der Waals surface area contributed by atoms with Crippen molar-refractivity contribution >= 4 is 29.3 Å². The van der Waals surface area contributed by atoms with E-state index in [-0.39, 0.29) is 5.56 Å². The minimum absolute atomic E-state index is 0.135. The fourth-order valence-electron chi connectivity index (χ4n) is 1.33. The molecule has 94 valence electrons. The molecular weight excluding hydrogens is 284 g/mol. The van der Waals surface area contributed by atoms with Crippen molar-refractivity contribution in [3.05, 3.63) is 52.7 Å². The molecule has 0 aliphatic carbocycles. The van der Waals surface area contributed by atoms with Crippen LogP contribution in [-0.2, 0) is 0 Å². The number of carboxylic acid groups (broad SMARTS) is 1. The maximum atomic E-state index is 10.7. The number of nitrogens with zero attached hydrogens (tertiary/aromatic N) is 2. The maximum absolute atomic E-state index is 10.7. The first-order valence-electron chi connectivity index (χ1n) is 5.17. The lowest BCUT2D eigenvalue weighted by Crippen LogP contribution is -1.96. The highest BCUT2D eigenvalue weighted by atomic mass is 35.5. The molecule has 0 atom stereocenters. The molecule has 0 fully saturated rings. The Labute approximate surface area is 118 Å². The lowest BCUT2D eigenvalue weighted by molar-refractivity contribution is 0.0696. The van der Waals surface area contributed by atoms with Crippen molar-refractivity contribution in [3.8, 4) is 6.07 Å². The summed E-state index contributed by atoms with van der Waals surface area (Å²) in [5.74, 6) is -1.01. The average Bonchev–Trinajstić information content (AvgIpc) is 2.41. The summed E-state index contributed by atoms with van der Waals surface area (Å²) in [6.07, 6.45) is 1.29. The number of benzene rings is 1. The molecular formula is C13H7ClN2O2S. The summed E-state index contributed by atoms with van der Waals surface area (Å²) >= 11 is 7.35. The number of halogens is 1. The van der Waals surface area contributed by atoms with Crippen LogP contribution in [0.4, 0.5) is 0 Å². The lowest BCUT2D eigenvalue weighted by Gasteiger charge is -2.04. The van der Waals surface area contributed by atoms with Crippen LogP contribution in [0.5, 0.6) is 0 Å². The van der Waals surface area contributed by atoms with E-state index in [4.69, 9.17) is 22.0 Å². The molecule has 0 saturated carbocycles. The number of carbonyl (C=O) groups is 1. The third-order valence-electron chi connectivity index (χ3n) is 2.26. The number of carboxylic acids is 1. The predicted octanol–water partition coefficient (Wildman–Crippen LogP) is 3.46. The van der Waals surface area contributed by atoms with Crippen molar-refractivity contribution in [3.63, 3.8) is 0 Å². The van der Waals surface area contributed by atoms with Crippen molar-refractivity contribution in [1.82, 2.24) is 4.98 Å². The molecule has 2 aromatic rings. The maximum Gasteiger partial charge on any atom is 0.337 e. The van der Waals surface area contributed by atoms with E-state index in [0.29, 0.717) is 15.6 Å². The Bertz CT molecular complexity index is 665. The van der Waals surface area contributed by atoms with Crippen molar-refractivity contribution in [1.29, 1.82) is 5.26 Å². The Morgan fingerprint density at radius 3 is 2.68 bits per heavy atom. The normalized spacial score (nSPS) is 9.89. The Morgan fingerprint density at radius 2 is 2.16 bits per heavy atom. The quantitative estimate of drug-likeness (QED) is 0.937. The smallest absolute Gasteiger partial charge is 0.337 e. The first kappa shape index (κ1) is 13.4. The summed E-state index contributed by atoms with van der Waals surface area (Å²) in [4.78, 5) is 15.5. The van der Waals surface area contributed by atoms with Gasteiger partial charge in [-0.1, -0.05) is 23.4 Å². The van der Waals surface area contributed by atoms with E-state index in [9.17, 15) is 4.79 Å². The summed E-state index contributed by atoms with van der Waals surface area (Å²) in [5, 5.41) is 18.6. The van der Waals surface area contributed by atoms with Crippen molar-refractivity contribution in [2.24, 2.45) is 0 Å². The summed E-state index contributed by atoms with van der Waals surface area (Å²) < 4.78 is 0. The zero-order valence-electron chi connectivity index (χ0n) is 9.50. The van der Waals surface area contributed by atoms with Crippen LogP contribution in [0.2, 0.25) is 5.02 Å². The zero-order valence-corrected chi connectivity index (χ0v) is 11.1. The van der Waals surface area contributed by atoms with E-state index in [1.807, 2.05) is 6.07 Å². The number of hydrogen-bond acceptors (Lipinski definition) is 4. The molecule has 19 heavy (non-hydrogen) atoms. The highest BCUT2D eigenvalue weighted by molar-refractivity contribution is 7.99. The molecule has 0 aliphatic heterocycles.